The molecule has 0 bridgehead atoms. The van der Waals surface area contributed by atoms with Crippen LogP contribution in [0.15, 0.2) is 36.3 Å². The van der Waals surface area contributed by atoms with Gasteiger partial charge in [-0.05, 0) is 60.6 Å². The van der Waals surface area contributed by atoms with Crippen molar-refractivity contribution in [2.45, 2.75) is 76.2 Å². The van der Waals surface area contributed by atoms with E-state index in [9.17, 15) is 23.8 Å². The number of ketones is 1. The maximum atomic E-state index is 15.9. The molecule has 0 unspecified atom stereocenters. The molecule has 6 nitrogen and oxygen atoms in total. The number of aliphatic hydroxyl groups is 2. The van der Waals surface area contributed by atoms with Crippen LogP contribution in [0.3, 0.4) is 0 Å². The molecule has 1 fully saturated rings. The van der Waals surface area contributed by atoms with Crippen molar-refractivity contribution in [2.75, 3.05) is 6.61 Å². The Morgan fingerprint density at radius 1 is 1.27 bits per heavy atom. The van der Waals surface area contributed by atoms with Crippen molar-refractivity contribution >= 4 is 16.7 Å². The molecule has 1 aliphatic carbocycles. The molecule has 37 heavy (non-hydrogen) atoms. The van der Waals surface area contributed by atoms with Crippen LogP contribution in [0.1, 0.15) is 65.0 Å². The van der Waals surface area contributed by atoms with Gasteiger partial charge in [0.05, 0.1) is 35.6 Å². The van der Waals surface area contributed by atoms with Gasteiger partial charge in [-0.3, -0.25) is 4.79 Å². The Balaban J connectivity index is 1.63. The SMILES string of the molecule is [2H]c1c(CC(=O)C2(c3ccc4c(c3)OC(F)(F)O4)CC2)c(F)c([2H])c2c1c([2H])c(C(C)(C)C([2H])([2H])C)n2C[C@]([2H])(O)CO. The van der Waals surface area contributed by atoms with Crippen LogP contribution in [0.2, 0.25) is 0 Å². The average molecular weight is 524 g/mol. The van der Waals surface area contributed by atoms with Crippen LogP contribution in [0.5, 0.6) is 11.5 Å². The van der Waals surface area contributed by atoms with Crippen molar-refractivity contribution in [3.8, 4) is 11.5 Å². The fourth-order valence-electron chi connectivity index (χ4n) is 4.65. The summed E-state index contributed by atoms with van der Waals surface area (Å²) in [6.07, 6.45) is -8.43. The molecule has 0 radical (unpaired) electrons. The predicted octanol–water partition coefficient (Wildman–Crippen LogP) is 4.99. The Labute approximate surface area is 221 Å². The zero-order valence-electron chi connectivity index (χ0n) is 26.5. The van der Waals surface area contributed by atoms with Crippen LogP contribution in [-0.2, 0) is 28.6 Å². The number of nitrogens with zero attached hydrogens (tertiary/aromatic N) is 1. The summed E-state index contributed by atoms with van der Waals surface area (Å²) in [7, 11) is 0. The van der Waals surface area contributed by atoms with Gasteiger partial charge in [-0.2, -0.15) is 0 Å². The Hall–Kier alpha value is -3.04. The summed E-state index contributed by atoms with van der Waals surface area (Å²) >= 11 is 0. The van der Waals surface area contributed by atoms with E-state index in [1.165, 1.54) is 39.0 Å². The lowest BCUT2D eigenvalue weighted by Crippen LogP contribution is -2.26. The van der Waals surface area contributed by atoms with Gasteiger partial charge in [0.1, 0.15) is 11.6 Å². The molecule has 0 saturated heterocycles. The van der Waals surface area contributed by atoms with Crippen molar-refractivity contribution in [3.63, 3.8) is 0 Å². The van der Waals surface area contributed by atoms with E-state index in [0.29, 0.717) is 18.4 Å². The smallest absolute Gasteiger partial charge is 0.395 e. The zero-order chi connectivity index (χ0) is 32.1. The quantitative estimate of drug-likeness (QED) is 0.413. The molecular formula is C28H30F3NO5. The summed E-state index contributed by atoms with van der Waals surface area (Å²) in [5, 5.41) is 19.6. The summed E-state index contributed by atoms with van der Waals surface area (Å²) < 4.78 is 104. The van der Waals surface area contributed by atoms with Crippen molar-refractivity contribution in [1.82, 2.24) is 4.57 Å². The van der Waals surface area contributed by atoms with E-state index in [1.54, 1.807) is 0 Å². The molecule has 2 N–H and O–H groups in total. The van der Waals surface area contributed by atoms with Crippen molar-refractivity contribution in [2.24, 2.45) is 0 Å². The Morgan fingerprint density at radius 3 is 2.62 bits per heavy atom. The maximum Gasteiger partial charge on any atom is 0.586 e. The number of hydrogen-bond donors (Lipinski definition) is 2. The number of hydrogen-bond acceptors (Lipinski definition) is 5. The molecule has 0 spiro atoms. The van der Waals surface area contributed by atoms with Gasteiger partial charge in [-0.25, -0.2) is 4.39 Å². The third-order valence-corrected chi connectivity index (χ3v) is 7.10. The average Bonchev–Trinajstić information content (AvgIpc) is 3.56. The number of ether oxygens (including phenoxy) is 2. The van der Waals surface area contributed by atoms with Gasteiger partial charge in [0.25, 0.3) is 0 Å². The number of carbonyl (C=O) groups is 1. The lowest BCUT2D eigenvalue weighted by atomic mass is 9.86. The van der Waals surface area contributed by atoms with Gasteiger partial charge in [-0.15, -0.1) is 8.78 Å². The van der Waals surface area contributed by atoms with E-state index >= 15 is 4.39 Å². The fraction of sp³-hybridized carbons (Fsp3) is 0.464. The minimum Gasteiger partial charge on any atom is -0.395 e. The molecule has 1 aromatic heterocycles. The van der Waals surface area contributed by atoms with E-state index < -0.39 is 84.4 Å². The Bertz CT molecular complexity index is 1660. The summed E-state index contributed by atoms with van der Waals surface area (Å²) in [5.41, 5.74) is -3.30. The van der Waals surface area contributed by atoms with E-state index in [0.717, 1.165) is 4.57 Å². The first-order valence-corrected chi connectivity index (χ1v) is 11.8. The zero-order valence-corrected chi connectivity index (χ0v) is 20.5. The second-order valence-corrected chi connectivity index (χ2v) is 9.94. The number of aromatic nitrogens is 1. The number of rotatable bonds is 9. The highest BCUT2D eigenvalue weighted by molar-refractivity contribution is 5.95. The van der Waals surface area contributed by atoms with Gasteiger partial charge in [0.15, 0.2) is 11.5 Å². The maximum absolute atomic E-state index is 15.9. The van der Waals surface area contributed by atoms with E-state index in [1.807, 2.05) is 0 Å². The molecule has 2 aromatic carbocycles. The second kappa shape index (κ2) is 8.77. The first-order valence-electron chi connectivity index (χ1n) is 14.8. The normalized spacial score (nSPS) is 21.8. The highest BCUT2D eigenvalue weighted by atomic mass is 19.3. The van der Waals surface area contributed by atoms with Gasteiger partial charge < -0.3 is 24.3 Å². The van der Waals surface area contributed by atoms with E-state index in [-0.39, 0.29) is 28.1 Å². The minimum atomic E-state index is -3.85. The van der Waals surface area contributed by atoms with E-state index in [2.05, 4.69) is 9.47 Å². The third-order valence-electron chi connectivity index (χ3n) is 7.10. The molecule has 2 aliphatic rings. The number of Topliss-reactive ketones (excluding diaryl/α,β-unsaturated/α-hetero) is 1. The minimum absolute atomic E-state index is 0.130. The van der Waals surface area contributed by atoms with Gasteiger partial charge in [0.2, 0.25) is 0 Å². The lowest BCUT2D eigenvalue weighted by Gasteiger charge is -2.26. The van der Waals surface area contributed by atoms with Crippen molar-refractivity contribution < 1.29 is 45.9 Å². The van der Waals surface area contributed by atoms with E-state index in [4.69, 9.17) is 8.22 Å². The van der Waals surface area contributed by atoms with Crippen molar-refractivity contribution in [3.05, 3.63) is 59.0 Å². The summed E-state index contributed by atoms with van der Waals surface area (Å²) in [4.78, 5) is 13.6. The van der Waals surface area contributed by atoms with Crippen LogP contribution in [0, 0.1) is 5.82 Å². The molecular weight excluding hydrogens is 487 g/mol. The monoisotopic (exact) mass is 523 g/mol. The van der Waals surface area contributed by atoms with Gasteiger partial charge in [0, 0.05) is 25.7 Å². The molecule has 1 aliphatic heterocycles. The molecule has 1 saturated carbocycles. The molecule has 1 atom stereocenters. The molecule has 2 heterocycles. The second-order valence-electron chi connectivity index (χ2n) is 9.94. The molecule has 5 rings (SSSR count). The van der Waals surface area contributed by atoms with Crippen LogP contribution < -0.4 is 9.47 Å². The summed E-state index contributed by atoms with van der Waals surface area (Å²) in [6.45, 7) is 2.32. The molecule has 3 aromatic rings. The first kappa shape index (κ1) is 19.1. The van der Waals surface area contributed by atoms with Crippen LogP contribution in [-0.4, -0.2) is 39.5 Å². The standard InChI is InChI=1S/C28H30F3NO5/c1-4-26(2,3)24-10-17-9-16(20(29)13-21(17)32(24)14-19(34)15-33)11-25(35)27(7-8-27)18-5-6-22-23(12-18)37-28(30,31)36-22/h5-6,9-10,12-13,19,33-34H,4,7-8,11,14-15H2,1-3H3/t19-/m0/s1/i4D2,9D,10D,13D,19D. The highest BCUT2D eigenvalue weighted by Gasteiger charge is 2.52. The largest absolute Gasteiger partial charge is 0.586 e. The van der Waals surface area contributed by atoms with Crippen molar-refractivity contribution in [1.29, 1.82) is 0 Å². The third kappa shape index (κ3) is 4.48. The van der Waals surface area contributed by atoms with Crippen LogP contribution in [0.25, 0.3) is 10.9 Å². The number of aliphatic hydroxyl groups excluding tert-OH is 1. The molecule has 0 amide bonds. The molecule has 9 heteroatoms. The fourth-order valence-corrected chi connectivity index (χ4v) is 4.65. The predicted molar refractivity (Wildman–Crippen MR) is 131 cm³/mol. The number of fused-ring (bicyclic) bond motifs is 2. The number of benzene rings is 2. The summed E-state index contributed by atoms with van der Waals surface area (Å²) in [5.74, 6) is -2.25. The molecule has 198 valence electrons. The number of carbonyl (C=O) groups excluding carboxylic acids is 1. The number of alkyl halides is 2. The summed E-state index contributed by atoms with van der Waals surface area (Å²) in [6, 6.07) is 2.08. The van der Waals surface area contributed by atoms with Gasteiger partial charge in [-0.1, -0.05) is 26.8 Å². The topological polar surface area (TPSA) is 80.9 Å². The number of halogens is 3. The lowest BCUT2D eigenvalue weighted by molar-refractivity contribution is -0.286. The van der Waals surface area contributed by atoms with Crippen LogP contribution >= 0.6 is 0 Å². The van der Waals surface area contributed by atoms with Crippen LogP contribution in [0.4, 0.5) is 13.2 Å². The Kier molecular flexibility index (Phi) is 4.52. The van der Waals surface area contributed by atoms with Gasteiger partial charge >= 0.3 is 6.29 Å². The first-order chi connectivity index (χ1) is 19.7. The highest BCUT2D eigenvalue weighted by Crippen LogP contribution is 2.52. The Morgan fingerprint density at radius 2 is 1.97 bits per heavy atom.